The van der Waals surface area contributed by atoms with Crippen LogP contribution in [0.25, 0.3) is 10.9 Å². The summed E-state index contributed by atoms with van der Waals surface area (Å²) in [4.78, 5) is 0. The Morgan fingerprint density at radius 3 is 2.81 bits per heavy atom. The van der Waals surface area contributed by atoms with Crippen molar-refractivity contribution in [1.82, 2.24) is 4.57 Å². The molecule has 1 aromatic heterocycles. The maximum Gasteiger partial charge on any atom is 0.117 e. The lowest BCUT2D eigenvalue weighted by Crippen LogP contribution is -2.08. The summed E-state index contributed by atoms with van der Waals surface area (Å²) in [5.41, 5.74) is 8.06. The molecule has 86 valence electrons. The first-order valence-electron chi connectivity index (χ1n) is 5.69. The largest absolute Gasteiger partial charge is 0.508 e. The first kappa shape index (κ1) is 11.0. The van der Waals surface area contributed by atoms with Crippen LogP contribution in [0, 0.1) is 0 Å². The Morgan fingerprint density at radius 2 is 2.19 bits per heavy atom. The molecule has 0 aliphatic heterocycles. The Morgan fingerprint density at radius 1 is 1.44 bits per heavy atom. The minimum atomic E-state index is 0.312. The molecule has 0 fully saturated rings. The van der Waals surface area contributed by atoms with E-state index in [-0.39, 0.29) is 0 Å². The number of aromatic nitrogens is 1. The molecule has 3 nitrogen and oxygen atoms in total. The number of phenolic OH excluding ortho intramolecular Hbond substituents is 1. The summed E-state index contributed by atoms with van der Waals surface area (Å²) in [5.74, 6) is 0.659. The molecule has 16 heavy (non-hydrogen) atoms. The zero-order chi connectivity index (χ0) is 11.7. The van der Waals surface area contributed by atoms with Crippen molar-refractivity contribution in [3.8, 4) is 5.75 Å². The molecule has 0 bridgehead atoms. The molecule has 1 aromatic carbocycles. The third-order valence-electron chi connectivity index (χ3n) is 3.12. The van der Waals surface area contributed by atoms with Crippen molar-refractivity contribution >= 4 is 10.9 Å². The molecule has 0 radical (unpaired) electrons. The van der Waals surface area contributed by atoms with Gasteiger partial charge in [0.05, 0.1) is 5.52 Å². The van der Waals surface area contributed by atoms with E-state index in [0.29, 0.717) is 18.2 Å². The quantitative estimate of drug-likeness (QED) is 0.831. The number of phenols is 1. The smallest absolute Gasteiger partial charge is 0.117 e. The predicted octanol–water partition coefficient (Wildman–Crippen LogP) is 2.43. The fourth-order valence-corrected chi connectivity index (χ4v) is 2.09. The van der Waals surface area contributed by atoms with E-state index >= 15 is 0 Å². The summed E-state index contributed by atoms with van der Waals surface area (Å²) in [6, 6.07) is 5.51. The topological polar surface area (TPSA) is 51.2 Å². The highest BCUT2D eigenvalue weighted by molar-refractivity contribution is 5.85. The first-order chi connectivity index (χ1) is 7.67. The van der Waals surface area contributed by atoms with Gasteiger partial charge in [-0.05, 0) is 37.1 Å². The molecule has 0 spiro atoms. The fourth-order valence-electron chi connectivity index (χ4n) is 2.09. The van der Waals surface area contributed by atoms with Crippen LogP contribution in [0.4, 0.5) is 0 Å². The zero-order valence-corrected chi connectivity index (χ0v) is 9.77. The molecule has 3 heteroatoms. The Bertz CT molecular complexity index is 502. The van der Waals surface area contributed by atoms with Gasteiger partial charge in [0.1, 0.15) is 5.75 Å². The highest BCUT2D eigenvalue weighted by Gasteiger charge is 2.12. The van der Waals surface area contributed by atoms with Crippen LogP contribution in [0.3, 0.4) is 0 Å². The molecule has 3 N–H and O–H groups in total. The van der Waals surface area contributed by atoms with Gasteiger partial charge in [-0.3, -0.25) is 0 Å². The molecule has 1 heterocycles. The zero-order valence-electron chi connectivity index (χ0n) is 9.77. The van der Waals surface area contributed by atoms with Gasteiger partial charge >= 0.3 is 0 Å². The van der Waals surface area contributed by atoms with Crippen LogP contribution < -0.4 is 5.73 Å². The van der Waals surface area contributed by atoms with Gasteiger partial charge in [-0.2, -0.15) is 0 Å². The number of hydrogen-bond donors (Lipinski definition) is 2. The number of aromatic hydroxyl groups is 1. The third-order valence-corrected chi connectivity index (χ3v) is 3.12. The molecular weight excluding hydrogens is 200 g/mol. The minimum absolute atomic E-state index is 0.312. The summed E-state index contributed by atoms with van der Waals surface area (Å²) >= 11 is 0. The molecule has 0 saturated heterocycles. The van der Waals surface area contributed by atoms with Crippen molar-refractivity contribution < 1.29 is 5.11 Å². The Kier molecular flexibility index (Phi) is 2.88. The molecule has 1 atom stereocenters. The van der Waals surface area contributed by atoms with E-state index in [1.54, 1.807) is 6.07 Å². The van der Waals surface area contributed by atoms with Gasteiger partial charge < -0.3 is 15.4 Å². The van der Waals surface area contributed by atoms with Crippen LogP contribution in [-0.4, -0.2) is 16.2 Å². The van der Waals surface area contributed by atoms with Gasteiger partial charge in [0.25, 0.3) is 0 Å². The molecule has 1 unspecified atom stereocenters. The van der Waals surface area contributed by atoms with E-state index in [1.807, 2.05) is 12.1 Å². The lowest BCUT2D eigenvalue weighted by atomic mass is 10.0. The highest BCUT2D eigenvalue weighted by Crippen LogP contribution is 2.29. The predicted molar refractivity (Wildman–Crippen MR) is 66.7 cm³/mol. The minimum Gasteiger partial charge on any atom is -0.508 e. The van der Waals surface area contributed by atoms with Gasteiger partial charge in [-0.1, -0.05) is 6.92 Å². The fraction of sp³-hybridized carbons (Fsp3) is 0.385. The van der Waals surface area contributed by atoms with Crippen molar-refractivity contribution in [2.24, 2.45) is 5.73 Å². The van der Waals surface area contributed by atoms with Crippen LogP contribution in [0.1, 0.15) is 25.3 Å². The Balaban J connectivity index is 2.67. The second kappa shape index (κ2) is 4.18. The first-order valence-corrected chi connectivity index (χ1v) is 5.69. The van der Waals surface area contributed by atoms with E-state index in [1.165, 1.54) is 10.9 Å². The molecule has 0 saturated carbocycles. The van der Waals surface area contributed by atoms with E-state index in [4.69, 9.17) is 5.73 Å². The monoisotopic (exact) mass is 218 g/mol. The lowest BCUT2D eigenvalue weighted by Gasteiger charge is -2.06. The van der Waals surface area contributed by atoms with Gasteiger partial charge in [0.2, 0.25) is 0 Å². The van der Waals surface area contributed by atoms with Crippen molar-refractivity contribution in [1.29, 1.82) is 0 Å². The summed E-state index contributed by atoms with van der Waals surface area (Å²) in [6.07, 6.45) is 2.14. The number of fused-ring (bicyclic) bond motifs is 1. The van der Waals surface area contributed by atoms with Crippen LogP contribution in [0.5, 0.6) is 5.75 Å². The molecule has 2 aromatic rings. The van der Waals surface area contributed by atoms with Gasteiger partial charge in [-0.25, -0.2) is 0 Å². The second-order valence-electron chi connectivity index (χ2n) is 4.21. The number of nitrogens with two attached hydrogens (primary N) is 1. The average Bonchev–Trinajstić information content (AvgIpc) is 2.66. The summed E-state index contributed by atoms with van der Waals surface area (Å²) in [7, 11) is 0. The van der Waals surface area contributed by atoms with Crippen molar-refractivity contribution in [2.75, 3.05) is 6.54 Å². The lowest BCUT2D eigenvalue weighted by molar-refractivity contribution is 0.476. The van der Waals surface area contributed by atoms with Crippen LogP contribution in [0.15, 0.2) is 24.4 Å². The number of rotatable bonds is 3. The number of aryl methyl sites for hydroxylation is 1. The third kappa shape index (κ3) is 1.67. The molecule has 2 rings (SSSR count). The SMILES string of the molecule is CCn1cc(C(C)CN)c2ccc(O)cc21. The van der Waals surface area contributed by atoms with E-state index < -0.39 is 0 Å². The number of hydrogen-bond acceptors (Lipinski definition) is 2. The molecule has 0 amide bonds. The normalized spacial score (nSPS) is 13.2. The molecule has 0 aliphatic rings. The van der Waals surface area contributed by atoms with Crippen molar-refractivity contribution in [2.45, 2.75) is 26.3 Å². The Hall–Kier alpha value is -1.48. The number of benzene rings is 1. The van der Waals surface area contributed by atoms with Gasteiger partial charge in [0.15, 0.2) is 0 Å². The average molecular weight is 218 g/mol. The van der Waals surface area contributed by atoms with Gasteiger partial charge in [-0.15, -0.1) is 0 Å². The van der Waals surface area contributed by atoms with Crippen LogP contribution in [-0.2, 0) is 6.54 Å². The molecule has 0 aliphatic carbocycles. The van der Waals surface area contributed by atoms with Crippen LogP contribution >= 0.6 is 0 Å². The summed E-state index contributed by atoms with van der Waals surface area (Å²) in [6.45, 7) is 5.77. The van der Waals surface area contributed by atoms with Crippen molar-refractivity contribution in [3.05, 3.63) is 30.0 Å². The van der Waals surface area contributed by atoms with E-state index in [9.17, 15) is 5.11 Å². The standard InChI is InChI=1S/C13H18N2O/c1-3-15-8-12(9(2)7-14)11-5-4-10(16)6-13(11)15/h4-6,8-9,16H,3,7,14H2,1-2H3. The van der Waals surface area contributed by atoms with Crippen molar-refractivity contribution in [3.63, 3.8) is 0 Å². The van der Waals surface area contributed by atoms with E-state index in [0.717, 1.165) is 12.1 Å². The maximum atomic E-state index is 9.52. The van der Waals surface area contributed by atoms with Crippen LogP contribution in [0.2, 0.25) is 0 Å². The maximum absolute atomic E-state index is 9.52. The summed E-state index contributed by atoms with van der Waals surface area (Å²) in [5, 5.41) is 10.7. The highest BCUT2D eigenvalue weighted by atomic mass is 16.3. The van der Waals surface area contributed by atoms with Gasteiger partial charge in [0, 0.05) is 24.2 Å². The Labute approximate surface area is 95.5 Å². The second-order valence-corrected chi connectivity index (χ2v) is 4.21. The summed E-state index contributed by atoms with van der Waals surface area (Å²) < 4.78 is 2.15. The molecular formula is C13H18N2O. The number of nitrogens with zero attached hydrogens (tertiary/aromatic N) is 1. The van der Waals surface area contributed by atoms with E-state index in [2.05, 4.69) is 24.6 Å².